The normalized spacial score (nSPS) is 12.5. The van der Waals surface area contributed by atoms with E-state index < -0.39 is 0 Å². The Kier molecular flexibility index (Phi) is 2.88. The summed E-state index contributed by atoms with van der Waals surface area (Å²) >= 11 is 0. The molecule has 0 aliphatic carbocycles. The third-order valence-corrected chi connectivity index (χ3v) is 3.35. The summed E-state index contributed by atoms with van der Waals surface area (Å²) < 4.78 is 1.89. The Morgan fingerprint density at radius 1 is 1.00 bits per heavy atom. The van der Waals surface area contributed by atoms with E-state index in [0.29, 0.717) is 5.75 Å². The maximum Gasteiger partial charge on any atom is 0.128 e. The highest BCUT2D eigenvalue weighted by Gasteiger charge is 2.12. The van der Waals surface area contributed by atoms with Gasteiger partial charge in [0.15, 0.2) is 0 Å². The van der Waals surface area contributed by atoms with Gasteiger partial charge in [-0.3, -0.25) is 4.68 Å². The summed E-state index contributed by atoms with van der Waals surface area (Å²) in [5.74, 6) is 0.352. The van der Waals surface area contributed by atoms with Crippen LogP contribution in [0, 0.1) is 0 Å². The standard InChI is InChI=1S/C16H16N2O/c1-12(17-18-10-4-5-11-18)14-9-8-13-6-2-3-7-15(13)16(14)19/h2-12,17,19H,1H3. The lowest BCUT2D eigenvalue weighted by Crippen LogP contribution is -2.17. The second-order valence-electron chi connectivity index (χ2n) is 4.67. The minimum Gasteiger partial charge on any atom is -0.507 e. The molecule has 19 heavy (non-hydrogen) atoms. The maximum absolute atomic E-state index is 10.4. The number of rotatable bonds is 3. The fourth-order valence-electron chi connectivity index (χ4n) is 2.34. The first-order valence-electron chi connectivity index (χ1n) is 6.36. The molecule has 2 N–H and O–H groups in total. The van der Waals surface area contributed by atoms with Crippen LogP contribution in [0.15, 0.2) is 60.9 Å². The molecule has 3 heteroatoms. The summed E-state index contributed by atoms with van der Waals surface area (Å²) in [4.78, 5) is 0. The smallest absolute Gasteiger partial charge is 0.128 e. The van der Waals surface area contributed by atoms with Gasteiger partial charge in [0.05, 0.1) is 6.04 Å². The van der Waals surface area contributed by atoms with E-state index in [1.807, 2.05) is 72.5 Å². The van der Waals surface area contributed by atoms with Gasteiger partial charge in [0.1, 0.15) is 5.75 Å². The first-order valence-corrected chi connectivity index (χ1v) is 6.36. The number of benzene rings is 2. The molecular weight excluding hydrogens is 236 g/mol. The SMILES string of the molecule is CC(Nn1cccc1)c1ccc2ccccc2c1O. The van der Waals surface area contributed by atoms with Gasteiger partial charge in [0.2, 0.25) is 0 Å². The van der Waals surface area contributed by atoms with Crippen LogP contribution < -0.4 is 5.43 Å². The molecule has 1 unspecified atom stereocenters. The third kappa shape index (κ3) is 2.15. The Morgan fingerprint density at radius 2 is 1.74 bits per heavy atom. The molecule has 0 spiro atoms. The van der Waals surface area contributed by atoms with E-state index in [2.05, 4.69) is 5.43 Å². The quantitative estimate of drug-likeness (QED) is 0.746. The first kappa shape index (κ1) is 11.7. The zero-order valence-electron chi connectivity index (χ0n) is 10.7. The third-order valence-electron chi connectivity index (χ3n) is 3.35. The molecule has 0 bridgehead atoms. The van der Waals surface area contributed by atoms with Crippen LogP contribution in [0.5, 0.6) is 5.75 Å². The fourth-order valence-corrected chi connectivity index (χ4v) is 2.34. The van der Waals surface area contributed by atoms with Gasteiger partial charge >= 0.3 is 0 Å². The van der Waals surface area contributed by atoms with Crippen molar-refractivity contribution >= 4 is 10.8 Å². The molecule has 1 heterocycles. The molecule has 0 amide bonds. The summed E-state index contributed by atoms with van der Waals surface area (Å²) in [6.07, 6.45) is 3.88. The van der Waals surface area contributed by atoms with Crippen molar-refractivity contribution in [2.24, 2.45) is 0 Å². The number of nitrogens with one attached hydrogen (secondary N) is 1. The van der Waals surface area contributed by atoms with Crippen molar-refractivity contribution in [3.63, 3.8) is 0 Å². The highest BCUT2D eigenvalue weighted by Crippen LogP contribution is 2.32. The number of fused-ring (bicyclic) bond motifs is 1. The van der Waals surface area contributed by atoms with Crippen molar-refractivity contribution in [3.05, 3.63) is 66.5 Å². The number of phenolic OH excluding ortho intramolecular Hbond substituents is 1. The largest absolute Gasteiger partial charge is 0.507 e. The van der Waals surface area contributed by atoms with Crippen molar-refractivity contribution in [2.45, 2.75) is 13.0 Å². The van der Waals surface area contributed by atoms with Crippen LogP contribution in [-0.2, 0) is 0 Å². The highest BCUT2D eigenvalue weighted by atomic mass is 16.3. The molecule has 0 aliphatic heterocycles. The lowest BCUT2D eigenvalue weighted by molar-refractivity contribution is 0.470. The van der Waals surface area contributed by atoms with Gasteiger partial charge in [-0.25, -0.2) is 0 Å². The molecule has 96 valence electrons. The minimum absolute atomic E-state index is 0.0250. The average Bonchev–Trinajstić information content (AvgIpc) is 2.92. The van der Waals surface area contributed by atoms with E-state index in [1.165, 1.54) is 0 Å². The second-order valence-corrected chi connectivity index (χ2v) is 4.67. The van der Waals surface area contributed by atoms with Crippen molar-refractivity contribution < 1.29 is 5.11 Å². The molecule has 1 atom stereocenters. The van der Waals surface area contributed by atoms with E-state index in [-0.39, 0.29) is 6.04 Å². The number of phenols is 1. The molecule has 2 aromatic carbocycles. The topological polar surface area (TPSA) is 37.2 Å². The van der Waals surface area contributed by atoms with E-state index in [4.69, 9.17) is 0 Å². The Morgan fingerprint density at radius 3 is 2.53 bits per heavy atom. The molecule has 0 radical (unpaired) electrons. The molecule has 3 aromatic rings. The predicted octanol–water partition coefficient (Wildman–Crippen LogP) is 3.65. The summed E-state index contributed by atoms with van der Waals surface area (Å²) in [5, 5.41) is 12.3. The lowest BCUT2D eigenvalue weighted by Gasteiger charge is -2.18. The van der Waals surface area contributed by atoms with Crippen LogP contribution in [0.2, 0.25) is 0 Å². The maximum atomic E-state index is 10.4. The summed E-state index contributed by atoms with van der Waals surface area (Å²) in [6, 6.07) is 15.8. The van der Waals surface area contributed by atoms with Crippen LogP contribution >= 0.6 is 0 Å². The van der Waals surface area contributed by atoms with Crippen molar-refractivity contribution in [1.82, 2.24) is 4.68 Å². The molecular formula is C16H16N2O. The Hall–Kier alpha value is -2.42. The van der Waals surface area contributed by atoms with Crippen molar-refractivity contribution in [3.8, 4) is 5.75 Å². The number of hydrogen-bond acceptors (Lipinski definition) is 2. The lowest BCUT2D eigenvalue weighted by atomic mass is 10.0. The van der Waals surface area contributed by atoms with Gasteiger partial charge < -0.3 is 10.5 Å². The Balaban J connectivity index is 1.98. The molecule has 1 aromatic heterocycles. The molecule has 3 nitrogen and oxygen atoms in total. The van der Waals surface area contributed by atoms with E-state index in [1.54, 1.807) is 0 Å². The van der Waals surface area contributed by atoms with Crippen LogP contribution in [0.4, 0.5) is 0 Å². The number of hydrogen-bond donors (Lipinski definition) is 2. The van der Waals surface area contributed by atoms with Crippen LogP contribution in [0.25, 0.3) is 10.8 Å². The second kappa shape index (κ2) is 4.69. The monoisotopic (exact) mass is 252 g/mol. The zero-order chi connectivity index (χ0) is 13.2. The highest BCUT2D eigenvalue weighted by molar-refractivity contribution is 5.89. The predicted molar refractivity (Wildman–Crippen MR) is 77.8 cm³/mol. The minimum atomic E-state index is 0.0250. The molecule has 3 rings (SSSR count). The number of nitrogens with zero attached hydrogens (tertiary/aromatic N) is 1. The van der Waals surface area contributed by atoms with Gasteiger partial charge in [-0.2, -0.15) is 0 Å². The van der Waals surface area contributed by atoms with Crippen LogP contribution in [-0.4, -0.2) is 9.78 Å². The van der Waals surface area contributed by atoms with Crippen LogP contribution in [0.3, 0.4) is 0 Å². The molecule has 0 aliphatic rings. The van der Waals surface area contributed by atoms with Gasteiger partial charge in [0, 0.05) is 23.3 Å². The number of aromatic nitrogens is 1. The van der Waals surface area contributed by atoms with Gasteiger partial charge in [-0.15, -0.1) is 0 Å². The van der Waals surface area contributed by atoms with Gasteiger partial charge in [0.25, 0.3) is 0 Å². The van der Waals surface area contributed by atoms with Crippen molar-refractivity contribution in [1.29, 1.82) is 0 Å². The average molecular weight is 252 g/mol. The Bertz CT molecular complexity index is 689. The van der Waals surface area contributed by atoms with Crippen molar-refractivity contribution in [2.75, 3.05) is 5.43 Å². The zero-order valence-corrected chi connectivity index (χ0v) is 10.7. The van der Waals surface area contributed by atoms with E-state index in [9.17, 15) is 5.11 Å². The first-order chi connectivity index (χ1) is 9.25. The van der Waals surface area contributed by atoms with E-state index in [0.717, 1.165) is 16.3 Å². The molecule has 0 fully saturated rings. The summed E-state index contributed by atoms with van der Waals surface area (Å²) in [5.41, 5.74) is 4.20. The van der Waals surface area contributed by atoms with E-state index >= 15 is 0 Å². The number of aromatic hydroxyl groups is 1. The molecule has 0 saturated heterocycles. The summed E-state index contributed by atoms with van der Waals surface area (Å²) in [6.45, 7) is 2.03. The van der Waals surface area contributed by atoms with Crippen LogP contribution in [0.1, 0.15) is 18.5 Å². The summed E-state index contributed by atoms with van der Waals surface area (Å²) in [7, 11) is 0. The fraction of sp³-hybridized carbons (Fsp3) is 0.125. The van der Waals surface area contributed by atoms with Gasteiger partial charge in [-0.1, -0.05) is 36.4 Å². The molecule has 0 saturated carbocycles. The van der Waals surface area contributed by atoms with Gasteiger partial charge in [-0.05, 0) is 24.4 Å². The Labute approximate surface area is 112 Å².